The molecule has 0 aliphatic carbocycles. The minimum absolute atomic E-state index is 0.0311. The summed E-state index contributed by atoms with van der Waals surface area (Å²) in [5.74, 6) is 2.30. The van der Waals surface area contributed by atoms with E-state index in [4.69, 9.17) is 31.3 Å². The molecule has 0 saturated carbocycles. The molecule has 1 heterocycles. The zero-order valence-corrected chi connectivity index (χ0v) is 20.4. The Kier molecular flexibility index (Phi) is 10.4. The van der Waals surface area contributed by atoms with E-state index in [1.807, 2.05) is 12.1 Å². The van der Waals surface area contributed by atoms with Gasteiger partial charge in [0.1, 0.15) is 17.3 Å². The van der Waals surface area contributed by atoms with E-state index in [1.54, 1.807) is 36.4 Å². The van der Waals surface area contributed by atoms with Crippen molar-refractivity contribution in [2.45, 2.75) is 32.1 Å². The van der Waals surface area contributed by atoms with Crippen LogP contribution in [0.25, 0.3) is 0 Å². The summed E-state index contributed by atoms with van der Waals surface area (Å²) in [6.45, 7) is 4.53. The second kappa shape index (κ2) is 13.9. The third kappa shape index (κ3) is 8.77. The van der Waals surface area contributed by atoms with E-state index in [-0.39, 0.29) is 11.7 Å². The highest BCUT2D eigenvalue weighted by molar-refractivity contribution is 6.02. The number of rotatable bonds is 12. The molecule has 3 rings (SSSR count). The quantitative estimate of drug-likeness (QED) is 0.114. The molecule has 6 N–H and O–H groups in total. The number of hydrogen-bond donors (Lipinski definition) is 4. The summed E-state index contributed by atoms with van der Waals surface area (Å²) < 4.78 is 11.6. The normalized spacial score (nSPS) is 15.6. The van der Waals surface area contributed by atoms with Gasteiger partial charge in [0.05, 0.1) is 13.2 Å². The fourth-order valence-corrected chi connectivity index (χ4v) is 4.21. The molecule has 0 radical (unpaired) electrons. The summed E-state index contributed by atoms with van der Waals surface area (Å²) in [5.41, 5.74) is 12.4. The number of amides is 1. The summed E-state index contributed by atoms with van der Waals surface area (Å²) in [6.07, 6.45) is 4.22. The number of carbonyl (C=O) groups is 1. The standard InChI is InChI=1S/C26H35N5O5/c27-24(29-26(32)33)20-4-8-23(9-5-20)36-18-2-14-31-15-12-19(13-16-31)3-1-17-35-22-10-6-21(7-11-22)25(28)30-34/h4-11,19,34H,1-3,12-18H2,(H2,27,29)(H2,28,30)(H,32,33). The van der Waals surface area contributed by atoms with E-state index < -0.39 is 6.09 Å². The molecule has 1 aliphatic rings. The first-order chi connectivity index (χ1) is 17.4. The van der Waals surface area contributed by atoms with Gasteiger partial charge in [0.25, 0.3) is 0 Å². The van der Waals surface area contributed by atoms with E-state index in [2.05, 4.69) is 15.0 Å². The van der Waals surface area contributed by atoms with Crippen molar-refractivity contribution in [3.8, 4) is 11.5 Å². The molecule has 1 aliphatic heterocycles. The number of aliphatic imine (C=N–C) groups is 1. The van der Waals surface area contributed by atoms with Crippen LogP contribution in [0.2, 0.25) is 0 Å². The maximum Gasteiger partial charge on any atom is 0.433 e. The van der Waals surface area contributed by atoms with E-state index in [9.17, 15) is 4.79 Å². The van der Waals surface area contributed by atoms with Gasteiger partial charge >= 0.3 is 6.09 Å². The van der Waals surface area contributed by atoms with E-state index in [1.165, 1.54) is 12.8 Å². The summed E-state index contributed by atoms with van der Waals surface area (Å²) in [6, 6.07) is 14.2. The molecule has 10 nitrogen and oxygen atoms in total. The van der Waals surface area contributed by atoms with Crippen molar-refractivity contribution in [1.29, 1.82) is 0 Å². The average Bonchev–Trinajstić information content (AvgIpc) is 2.89. The monoisotopic (exact) mass is 497 g/mol. The van der Waals surface area contributed by atoms with Gasteiger partial charge in [-0.1, -0.05) is 5.16 Å². The first kappa shape index (κ1) is 26.8. The van der Waals surface area contributed by atoms with Crippen molar-refractivity contribution in [1.82, 2.24) is 4.90 Å². The van der Waals surface area contributed by atoms with Gasteiger partial charge in [-0.2, -0.15) is 4.99 Å². The summed E-state index contributed by atoms with van der Waals surface area (Å²) in [7, 11) is 0. The van der Waals surface area contributed by atoms with Crippen LogP contribution in [0.15, 0.2) is 58.7 Å². The van der Waals surface area contributed by atoms with Crippen LogP contribution in [0.5, 0.6) is 11.5 Å². The number of carboxylic acid groups (broad SMARTS) is 1. The molecule has 10 heteroatoms. The highest BCUT2D eigenvalue weighted by atomic mass is 16.5. The third-order valence-electron chi connectivity index (χ3n) is 6.24. The Balaban J connectivity index is 1.24. The molecule has 2 aromatic rings. The number of benzene rings is 2. The van der Waals surface area contributed by atoms with Crippen LogP contribution >= 0.6 is 0 Å². The summed E-state index contributed by atoms with van der Waals surface area (Å²) in [4.78, 5) is 16.4. The largest absolute Gasteiger partial charge is 0.494 e. The molecule has 0 unspecified atom stereocenters. The SMILES string of the molecule is N/C(=N\C(=O)O)c1ccc(OCCCN2CCC(CCCOc3ccc(/C(N)=N\O)cc3)CC2)cc1. The minimum Gasteiger partial charge on any atom is -0.494 e. The molecule has 1 amide bonds. The molecule has 0 aromatic heterocycles. The molecule has 2 aromatic carbocycles. The fourth-order valence-electron chi connectivity index (χ4n) is 4.21. The lowest BCUT2D eigenvalue weighted by atomic mass is 9.92. The molecule has 0 atom stereocenters. The van der Waals surface area contributed by atoms with Crippen LogP contribution < -0.4 is 20.9 Å². The Morgan fingerprint density at radius 1 is 0.889 bits per heavy atom. The van der Waals surface area contributed by atoms with Crippen molar-refractivity contribution in [3.05, 3.63) is 59.7 Å². The molecule has 0 spiro atoms. The maximum atomic E-state index is 10.6. The Hall–Kier alpha value is -3.79. The van der Waals surface area contributed by atoms with Gasteiger partial charge in [0.15, 0.2) is 5.84 Å². The maximum absolute atomic E-state index is 10.6. The van der Waals surface area contributed by atoms with E-state index >= 15 is 0 Å². The lowest BCUT2D eigenvalue weighted by Crippen LogP contribution is -2.35. The van der Waals surface area contributed by atoms with Gasteiger partial charge in [-0.15, -0.1) is 0 Å². The minimum atomic E-state index is -1.31. The number of likely N-dealkylation sites (tertiary alicyclic amines) is 1. The molecule has 0 bridgehead atoms. The first-order valence-corrected chi connectivity index (χ1v) is 12.2. The van der Waals surface area contributed by atoms with Crippen LogP contribution in [-0.4, -0.2) is 65.8 Å². The number of oxime groups is 1. The van der Waals surface area contributed by atoms with Gasteiger partial charge in [-0.3, -0.25) is 0 Å². The Morgan fingerprint density at radius 2 is 1.42 bits per heavy atom. The number of nitrogens with zero attached hydrogens (tertiary/aromatic N) is 3. The summed E-state index contributed by atoms with van der Waals surface area (Å²) in [5, 5.41) is 20.4. The lowest BCUT2D eigenvalue weighted by Gasteiger charge is -2.32. The Labute approximate surface area is 211 Å². The van der Waals surface area contributed by atoms with Crippen LogP contribution in [0.4, 0.5) is 4.79 Å². The number of ether oxygens (including phenoxy) is 2. The lowest BCUT2D eigenvalue weighted by molar-refractivity contribution is 0.161. The molecular weight excluding hydrogens is 462 g/mol. The fraction of sp³-hybridized carbons (Fsp3) is 0.423. The van der Waals surface area contributed by atoms with Crippen molar-refractivity contribution >= 4 is 17.8 Å². The molecular formula is C26H35N5O5. The second-order valence-electron chi connectivity index (χ2n) is 8.79. The van der Waals surface area contributed by atoms with Crippen molar-refractivity contribution in [3.63, 3.8) is 0 Å². The highest BCUT2D eigenvalue weighted by Crippen LogP contribution is 2.22. The van der Waals surface area contributed by atoms with Crippen molar-refractivity contribution in [2.24, 2.45) is 27.5 Å². The topological polar surface area (TPSA) is 156 Å². The van der Waals surface area contributed by atoms with Gasteiger partial charge in [-0.05, 0) is 99.6 Å². The molecule has 194 valence electrons. The number of piperidine rings is 1. The average molecular weight is 498 g/mol. The number of amidine groups is 2. The highest BCUT2D eigenvalue weighted by Gasteiger charge is 2.18. The van der Waals surface area contributed by atoms with Crippen LogP contribution in [0.1, 0.15) is 43.2 Å². The van der Waals surface area contributed by atoms with Gasteiger partial charge in [-0.25, -0.2) is 4.79 Å². The third-order valence-corrected chi connectivity index (χ3v) is 6.24. The van der Waals surface area contributed by atoms with Crippen LogP contribution in [-0.2, 0) is 0 Å². The van der Waals surface area contributed by atoms with Crippen LogP contribution in [0, 0.1) is 5.92 Å². The number of hydrogen-bond acceptors (Lipinski definition) is 6. The van der Waals surface area contributed by atoms with Crippen molar-refractivity contribution in [2.75, 3.05) is 32.8 Å². The predicted octanol–water partition coefficient (Wildman–Crippen LogP) is 3.50. The van der Waals surface area contributed by atoms with Crippen LogP contribution in [0.3, 0.4) is 0 Å². The zero-order valence-electron chi connectivity index (χ0n) is 20.4. The second-order valence-corrected chi connectivity index (χ2v) is 8.79. The smallest absolute Gasteiger partial charge is 0.433 e. The van der Waals surface area contributed by atoms with Gasteiger partial charge in [0.2, 0.25) is 0 Å². The molecule has 1 fully saturated rings. The van der Waals surface area contributed by atoms with E-state index in [0.717, 1.165) is 56.3 Å². The van der Waals surface area contributed by atoms with Gasteiger partial charge in [0, 0.05) is 17.7 Å². The number of nitrogens with two attached hydrogens (primary N) is 2. The van der Waals surface area contributed by atoms with Crippen molar-refractivity contribution < 1.29 is 24.6 Å². The van der Waals surface area contributed by atoms with Gasteiger partial charge < -0.3 is 36.2 Å². The van der Waals surface area contributed by atoms with E-state index in [0.29, 0.717) is 24.3 Å². The predicted molar refractivity (Wildman–Crippen MR) is 138 cm³/mol. The zero-order chi connectivity index (χ0) is 25.8. The Morgan fingerprint density at radius 3 is 1.94 bits per heavy atom. The first-order valence-electron chi connectivity index (χ1n) is 12.2. The molecule has 1 saturated heterocycles. The molecule has 36 heavy (non-hydrogen) atoms. The summed E-state index contributed by atoms with van der Waals surface area (Å²) >= 11 is 0. The Bertz CT molecular complexity index is 1020.